The minimum Gasteiger partial charge on any atom is -0.389 e. The van der Waals surface area contributed by atoms with Crippen molar-refractivity contribution in [1.29, 1.82) is 0 Å². The Hall–Kier alpha value is -0.160. The normalized spacial score (nSPS) is 27.0. The zero-order valence-electron chi connectivity index (χ0n) is 11.6. The van der Waals surface area contributed by atoms with Crippen LogP contribution >= 0.6 is 0 Å². The number of rotatable bonds is 7. The van der Waals surface area contributed by atoms with Gasteiger partial charge in [-0.3, -0.25) is 0 Å². The maximum atomic E-state index is 10.3. The van der Waals surface area contributed by atoms with Crippen LogP contribution in [-0.4, -0.2) is 49.2 Å². The van der Waals surface area contributed by atoms with Gasteiger partial charge in [-0.2, -0.15) is 0 Å². The molecule has 1 aliphatic heterocycles. The predicted molar refractivity (Wildman–Crippen MR) is 68.2 cm³/mol. The van der Waals surface area contributed by atoms with Crippen LogP contribution in [0.15, 0.2) is 0 Å². The molecule has 1 saturated heterocycles. The van der Waals surface area contributed by atoms with Gasteiger partial charge in [0, 0.05) is 26.6 Å². The monoisotopic (exact) mass is 245 g/mol. The Labute approximate surface area is 105 Å². The Morgan fingerprint density at radius 2 is 2.24 bits per heavy atom. The average molecular weight is 245 g/mol. The van der Waals surface area contributed by atoms with Crippen LogP contribution in [0, 0.1) is 0 Å². The summed E-state index contributed by atoms with van der Waals surface area (Å²) in [5.41, 5.74) is -0.733. The smallest absolute Gasteiger partial charge is 0.0768 e. The molecule has 17 heavy (non-hydrogen) atoms. The predicted octanol–water partition coefficient (Wildman–Crippen LogP) is 1.32. The molecule has 2 N–H and O–H groups in total. The topological polar surface area (TPSA) is 50.7 Å². The summed E-state index contributed by atoms with van der Waals surface area (Å²) >= 11 is 0. The molecule has 4 nitrogen and oxygen atoms in total. The summed E-state index contributed by atoms with van der Waals surface area (Å²) in [7, 11) is 1.67. The van der Waals surface area contributed by atoms with Crippen molar-refractivity contribution < 1.29 is 14.6 Å². The van der Waals surface area contributed by atoms with Gasteiger partial charge in [-0.15, -0.1) is 0 Å². The Morgan fingerprint density at radius 1 is 1.53 bits per heavy atom. The first kappa shape index (κ1) is 14.9. The molecule has 1 aliphatic rings. The highest BCUT2D eigenvalue weighted by atomic mass is 16.5. The molecule has 2 atom stereocenters. The summed E-state index contributed by atoms with van der Waals surface area (Å²) in [5.74, 6) is 0. The van der Waals surface area contributed by atoms with Crippen LogP contribution in [0.5, 0.6) is 0 Å². The van der Waals surface area contributed by atoms with Crippen LogP contribution in [0.1, 0.15) is 40.0 Å². The lowest BCUT2D eigenvalue weighted by Gasteiger charge is -2.28. The molecule has 4 heteroatoms. The second-order valence-electron chi connectivity index (χ2n) is 5.91. The zero-order chi connectivity index (χ0) is 12.9. The van der Waals surface area contributed by atoms with E-state index in [2.05, 4.69) is 19.2 Å². The van der Waals surface area contributed by atoms with Crippen LogP contribution in [0.4, 0.5) is 0 Å². The van der Waals surface area contributed by atoms with E-state index in [9.17, 15) is 5.11 Å². The van der Waals surface area contributed by atoms with Crippen molar-refractivity contribution in [1.82, 2.24) is 5.32 Å². The molecular formula is C13H27NO3. The van der Waals surface area contributed by atoms with Crippen LogP contribution in [-0.2, 0) is 9.47 Å². The number of ether oxygens (including phenoxy) is 2. The summed E-state index contributed by atoms with van der Waals surface area (Å²) in [5, 5.41) is 13.5. The van der Waals surface area contributed by atoms with Crippen LogP contribution < -0.4 is 5.32 Å². The fourth-order valence-corrected chi connectivity index (χ4v) is 2.32. The van der Waals surface area contributed by atoms with Gasteiger partial charge in [0.1, 0.15) is 0 Å². The maximum absolute atomic E-state index is 10.3. The molecule has 0 bridgehead atoms. The van der Waals surface area contributed by atoms with E-state index >= 15 is 0 Å². The van der Waals surface area contributed by atoms with Gasteiger partial charge in [0.15, 0.2) is 0 Å². The largest absolute Gasteiger partial charge is 0.389 e. The number of aliphatic hydroxyl groups is 1. The molecular weight excluding hydrogens is 218 g/mol. The summed E-state index contributed by atoms with van der Waals surface area (Å²) in [4.78, 5) is 0. The third kappa shape index (κ3) is 5.82. The number of hydrogen-bond donors (Lipinski definition) is 2. The van der Waals surface area contributed by atoms with E-state index in [4.69, 9.17) is 9.47 Å². The second kappa shape index (κ2) is 6.14. The summed E-state index contributed by atoms with van der Waals surface area (Å²) in [6, 6.07) is 0. The van der Waals surface area contributed by atoms with E-state index in [0.29, 0.717) is 19.6 Å². The molecule has 0 aliphatic carbocycles. The van der Waals surface area contributed by atoms with Crippen LogP contribution in [0.2, 0.25) is 0 Å². The highest BCUT2D eigenvalue weighted by Crippen LogP contribution is 2.33. The van der Waals surface area contributed by atoms with Crippen molar-refractivity contribution in [3.05, 3.63) is 0 Å². The van der Waals surface area contributed by atoms with Crippen molar-refractivity contribution in [3.63, 3.8) is 0 Å². The van der Waals surface area contributed by atoms with E-state index < -0.39 is 5.60 Å². The minimum absolute atomic E-state index is 0.0236. The van der Waals surface area contributed by atoms with E-state index in [1.165, 1.54) is 0 Å². The van der Waals surface area contributed by atoms with Gasteiger partial charge in [0.25, 0.3) is 0 Å². The molecule has 1 rings (SSSR count). The Balaban J connectivity index is 2.24. The third-order valence-electron chi connectivity index (χ3n) is 3.21. The van der Waals surface area contributed by atoms with Gasteiger partial charge in [-0.25, -0.2) is 0 Å². The highest BCUT2D eigenvalue weighted by molar-refractivity contribution is 4.87. The van der Waals surface area contributed by atoms with Gasteiger partial charge in [-0.1, -0.05) is 0 Å². The molecule has 1 heterocycles. The molecule has 0 aromatic heterocycles. The van der Waals surface area contributed by atoms with E-state index in [1.54, 1.807) is 7.11 Å². The Kier molecular flexibility index (Phi) is 5.38. The summed E-state index contributed by atoms with van der Waals surface area (Å²) < 4.78 is 10.8. The second-order valence-corrected chi connectivity index (χ2v) is 5.91. The first-order chi connectivity index (χ1) is 7.85. The quantitative estimate of drug-likeness (QED) is 0.664. The van der Waals surface area contributed by atoms with Gasteiger partial charge < -0.3 is 19.9 Å². The molecule has 0 aromatic carbocycles. The first-order valence-electron chi connectivity index (χ1n) is 6.44. The molecule has 102 valence electrons. The summed E-state index contributed by atoms with van der Waals surface area (Å²) in [6.45, 7) is 8.10. The van der Waals surface area contributed by atoms with E-state index in [0.717, 1.165) is 19.4 Å². The van der Waals surface area contributed by atoms with Gasteiger partial charge in [-0.05, 0) is 33.6 Å². The molecule has 0 aromatic rings. The minimum atomic E-state index is -0.709. The first-order valence-corrected chi connectivity index (χ1v) is 6.44. The van der Waals surface area contributed by atoms with Gasteiger partial charge >= 0.3 is 0 Å². The van der Waals surface area contributed by atoms with Crippen molar-refractivity contribution >= 4 is 0 Å². The fraction of sp³-hybridized carbons (Fsp3) is 1.00. The lowest BCUT2D eigenvalue weighted by atomic mass is 9.96. The van der Waals surface area contributed by atoms with Gasteiger partial charge in [0.05, 0.1) is 23.9 Å². The third-order valence-corrected chi connectivity index (χ3v) is 3.21. The molecule has 1 fully saturated rings. The standard InChI is InChI=1S/C13H27NO3/c1-12(2)6-5-11(17-12)9-13(3,15)10-14-7-8-16-4/h11,14-15H,5-10H2,1-4H3. The van der Waals surface area contributed by atoms with Crippen LogP contribution in [0.25, 0.3) is 0 Å². The maximum Gasteiger partial charge on any atom is 0.0768 e. The van der Waals surface area contributed by atoms with Gasteiger partial charge in [0.2, 0.25) is 0 Å². The summed E-state index contributed by atoms with van der Waals surface area (Å²) in [6.07, 6.45) is 2.99. The molecule has 0 saturated carbocycles. The van der Waals surface area contributed by atoms with Crippen molar-refractivity contribution in [2.24, 2.45) is 0 Å². The molecule has 0 radical (unpaired) electrons. The highest BCUT2D eigenvalue weighted by Gasteiger charge is 2.35. The zero-order valence-corrected chi connectivity index (χ0v) is 11.6. The fourth-order valence-electron chi connectivity index (χ4n) is 2.32. The molecule has 2 unspecified atom stereocenters. The average Bonchev–Trinajstić information content (AvgIpc) is 2.52. The lowest BCUT2D eigenvalue weighted by Crippen LogP contribution is -2.41. The van der Waals surface area contributed by atoms with E-state index in [1.807, 2.05) is 6.92 Å². The lowest BCUT2D eigenvalue weighted by molar-refractivity contribution is -0.0576. The number of hydrogen-bond acceptors (Lipinski definition) is 4. The van der Waals surface area contributed by atoms with Crippen molar-refractivity contribution in [3.8, 4) is 0 Å². The molecule has 0 amide bonds. The van der Waals surface area contributed by atoms with Crippen LogP contribution in [0.3, 0.4) is 0 Å². The number of nitrogens with one attached hydrogen (secondary N) is 1. The van der Waals surface area contributed by atoms with Crippen molar-refractivity contribution in [2.45, 2.75) is 57.3 Å². The Bertz CT molecular complexity index is 229. The SMILES string of the molecule is COCCNCC(C)(O)CC1CCC(C)(C)O1. The number of methoxy groups -OCH3 is 1. The van der Waals surface area contributed by atoms with Crippen molar-refractivity contribution in [2.75, 3.05) is 26.8 Å². The Morgan fingerprint density at radius 3 is 2.76 bits per heavy atom. The molecule has 0 spiro atoms. The van der Waals surface area contributed by atoms with E-state index in [-0.39, 0.29) is 11.7 Å².